The summed E-state index contributed by atoms with van der Waals surface area (Å²) in [6, 6.07) is 12.3. The number of hydrogen-bond acceptors (Lipinski definition) is 4. The Morgan fingerprint density at radius 2 is 1.68 bits per heavy atom. The molecule has 0 radical (unpaired) electrons. The van der Waals surface area contributed by atoms with E-state index in [4.69, 9.17) is 9.47 Å². The highest BCUT2D eigenvalue weighted by molar-refractivity contribution is 5.95. The van der Waals surface area contributed by atoms with E-state index in [9.17, 15) is 14.0 Å². The standard InChI is InChI=1S/C18H19FN2O4/c1-3-24-13-8-10-14(11-9-13)25-12(2)17(22)20-21-18(23)15-6-4-5-7-16(15)19/h4-12H,3H2,1-2H3,(H,20,22)(H,21,23). The quantitative estimate of drug-likeness (QED) is 0.788. The van der Waals surface area contributed by atoms with Crippen LogP contribution >= 0.6 is 0 Å². The maximum absolute atomic E-state index is 13.5. The fraction of sp³-hybridized carbons (Fsp3) is 0.222. The summed E-state index contributed by atoms with van der Waals surface area (Å²) in [7, 11) is 0. The molecule has 0 heterocycles. The van der Waals surface area contributed by atoms with Crippen LogP contribution in [0.5, 0.6) is 11.5 Å². The number of hydrogen-bond donors (Lipinski definition) is 2. The Hall–Kier alpha value is -3.09. The van der Waals surface area contributed by atoms with E-state index < -0.39 is 23.7 Å². The van der Waals surface area contributed by atoms with Crippen molar-refractivity contribution in [2.24, 2.45) is 0 Å². The molecule has 0 saturated heterocycles. The van der Waals surface area contributed by atoms with Crippen LogP contribution in [0.2, 0.25) is 0 Å². The van der Waals surface area contributed by atoms with Gasteiger partial charge in [0.15, 0.2) is 6.10 Å². The van der Waals surface area contributed by atoms with Crippen LogP contribution in [0.25, 0.3) is 0 Å². The first-order valence-electron chi connectivity index (χ1n) is 7.75. The molecule has 2 N–H and O–H groups in total. The average molecular weight is 346 g/mol. The predicted octanol–water partition coefficient (Wildman–Crippen LogP) is 2.45. The number of halogens is 1. The summed E-state index contributed by atoms with van der Waals surface area (Å²) in [6.45, 7) is 3.97. The Morgan fingerprint density at radius 3 is 2.32 bits per heavy atom. The molecule has 2 aromatic carbocycles. The van der Waals surface area contributed by atoms with Crippen LogP contribution in [0.15, 0.2) is 48.5 Å². The first kappa shape index (κ1) is 18.3. The number of carbonyl (C=O) groups is 2. The van der Waals surface area contributed by atoms with Crippen LogP contribution in [0.4, 0.5) is 4.39 Å². The van der Waals surface area contributed by atoms with Crippen molar-refractivity contribution in [3.63, 3.8) is 0 Å². The highest BCUT2D eigenvalue weighted by Crippen LogP contribution is 2.18. The number of rotatable bonds is 6. The lowest BCUT2D eigenvalue weighted by atomic mass is 10.2. The molecule has 0 bridgehead atoms. The van der Waals surface area contributed by atoms with Crippen molar-refractivity contribution >= 4 is 11.8 Å². The molecule has 2 aromatic rings. The van der Waals surface area contributed by atoms with E-state index in [1.165, 1.54) is 25.1 Å². The van der Waals surface area contributed by atoms with Gasteiger partial charge in [0.25, 0.3) is 11.8 Å². The molecule has 0 fully saturated rings. The Kier molecular flexibility index (Phi) is 6.33. The van der Waals surface area contributed by atoms with Gasteiger partial charge in [0, 0.05) is 0 Å². The van der Waals surface area contributed by atoms with Gasteiger partial charge in [0.2, 0.25) is 0 Å². The van der Waals surface area contributed by atoms with Crippen molar-refractivity contribution in [3.8, 4) is 11.5 Å². The highest BCUT2D eigenvalue weighted by atomic mass is 19.1. The van der Waals surface area contributed by atoms with Crippen LogP contribution < -0.4 is 20.3 Å². The van der Waals surface area contributed by atoms with E-state index >= 15 is 0 Å². The fourth-order valence-electron chi connectivity index (χ4n) is 1.97. The number of ether oxygens (including phenoxy) is 2. The lowest BCUT2D eigenvalue weighted by Gasteiger charge is -2.15. The van der Waals surface area contributed by atoms with Gasteiger partial charge in [-0.3, -0.25) is 20.4 Å². The van der Waals surface area contributed by atoms with Crippen molar-refractivity contribution in [1.29, 1.82) is 0 Å². The average Bonchev–Trinajstić information content (AvgIpc) is 2.61. The molecule has 0 aliphatic carbocycles. The maximum Gasteiger partial charge on any atom is 0.279 e. The smallest absolute Gasteiger partial charge is 0.279 e. The molecular formula is C18H19FN2O4. The molecule has 0 spiro atoms. The molecule has 0 aliphatic rings. The zero-order chi connectivity index (χ0) is 18.2. The lowest BCUT2D eigenvalue weighted by Crippen LogP contribution is -2.47. The molecular weight excluding hydrogens is 327 g/mol. The summed E-state index contributed by atoms with van der Waals surface area (Å²) in [4.78, 5) is 23.8. The largest absolute Gasteiger partial charge is 0.494 e. The summed E-state index contributed by atoms with van der Waals surface area (Å²) in [5.41, 5.74) is 4.19. The highest BCUT2D eigenvalue weighted by Gasteiger charge is 2.17. The molecule has 132 valence electrons. The van der Waals surface area contributed by atoms with E-state index in [2.05, 4.69) is 10.9 Å². The SMILES string of the molecule is CCOc1ccc(OC(C)C(=O)NNC(=O)c2ccccc2F)cc1. The van der Waals surface area contributed by atoms with Gasteiger partial charge in [-0.15, -0.1) is 0 Å². The molecule has 1 atom stereocenters. The second kappa shape index (κ2) is 8.68. The number of benzene rings is 2. The van der Waals surface area contributed by atoms with E-state index in [0.717, 1.165) is 6.07 Å². The monoisotopic (exact) mass is 346 g/mol. The Bertz CT molecular complexity index is 734. The minimum Gasteiger partial charge on any atom is -0.494 e. The third kappa shape index (κ3) is 5.20. The summed E-state index contributed by atoms with van der Waals surface area (Å²) in [5.74, 6) is -0.818. The minimum atomic E-state index is -0.862. The normalized spacial score (nSPS) is 11.3. The van der Waals surface area contributed by atoms with Crippen molar-refractivity contribution in [2.45, 2.75) is 20.0 Å². The summed E-state index contributed by atoms with van der Waals surface area (Å²) in [6.07, 6.45) is -0.862. The van der Waals surface area contributed by atoms with Crippen LogP contribution in [-0.2, 0) is 4.79 Å². The first-order valence-corrected chi connectivity index (χ1v) is 7.75. The van der Waals surface area contributed by atoms with Crippen molar-refractivity contribution in [2.75, 3.05) is 6.61 Å². The van der Waals surface area contributed by atoms with Crippen LogP contribution in [0, 0.1) is 5.82 Å². The number of carbonyl (C=O) groups excluding carboxylic acids is 2. The molecule has 25 heavy (non-hydrogen) atoms. The molecule has 2 amide bonds. The fourth-order valence-corrected chi connectivity index (χ4v) is 1.97. The second-order valence-electron chi connectivity index (χ2n) is 5.09. The van der Waals surface area contributed by atoms with Crippen molar-refractivity contribution < 1.29 is 23.5 Å². The van der Waals surface area contributed by atoms with Gasteiger partial charge in [-0.1, -0.05) is 12.1 Å². The van der Waals surface area contributed by atoms with Crippen molar-refractivity contribution in [3.05, 3.63) is 59.9 Å². The third-order valence-electron chi connectivity index (χ3n) is 3.23. The van der Waals surface area contributed by atoms with E-state index in [1.54, 1.807) is 24.3 Å². The van der Waals surface area contributed by atoms with E-state index in [1.807, 2.05) is 6.92 Å². The molecule has 0 saturated carbocycles. The van der Waals surface area contributed by atoms with Crippen molar-refractivity contribution in [1.82, 2.24) is 10.9 Å². The summed E-state index contributed by atoms with van der Waals surface area (Å²) >= 11 is 0. The maximum atomic E-state index is 13.5. The molecule has 2 rings (SSSR count). The Labute approximate surface area is 144 Å². The molecule has 1 unspecified atom stereocenters. The third-order valence-corrected chi connectivity index (χ3v) is 3.23. The van der Waals surface area contributed by atoms with Gasteiger partial charge in [-0.05, 0) is 50.2 Å². The molecule has 0 aromatic heterocycles. The van der Waals surface area contributed by atoms with Gasteiger partial charge in [0.05, 0.1) is 12.2 Å². The zero-order valence-electron chi connectivity index (χ0n) is 13.9. The minimum absolute atomic E-state index is 0.164. The Morgan fingerprint density at radius 1 is 1.04 bits per heavy atom. The van der Waals surface area contributed by atoms with Gasteiger partial charge in [-0.25, -0.2) is 4.39 Å². The number of amides is 2. The lowest BCUT2D eigenvalue weighted by molar-refractivity contribution is -0.128. The second-order valence-corrected chi connectivity index (χ2v) is 5.09. The van der Waals surface area contributed by atoms with Gasteiger partial charge >= 0.3 is 0 Å². The Balaban J connectivity index is 1.85. The van der Waals surface area contributed by atoms with Crippen LogP contribution in [0.3, 0.4) is 0 Å². The predicted molar refractivity (Wildman–Crippen MR) is 89.7 cm³/mol. The topological polar surface area (TPSA) is 76.7 Å². The number of hydrazine groups is 1. The first-order chi connectivity index (χ1) is 12.0. The van der Waals surface area contributed by atoms with E-state index in [0.29, 0.717) is 18.1 Å². The molecule has 7 heteroatoms. The summed E-state index contributed by atoms with van der Waals surface area (Å²) in [5, 5.41) is 0. The summed E-state index contributed by atoms with van der Waals surface area (Å²) < 4.78 is 24.3. The number of nitrogens with one attached hydrogen (secondary N) is 2. The van der Waals surface area contributed by atoms with Crippen LogP contribution in [-0.4, -0.2) is 24.5 Å². The van der Waals surface area contributed by atoms with E-state index in [-0.39, 0.29) is 5.56 Å². The van der Waals surface area contributed by atoms with Crippen LogP contribution in [0.1, 0.15) is 24.2 Å². The van der Waals surface area contributed by atoms with Gasteiger partial charge in [-0.2, -0.15) is 0 Å². The van der Waals surface area contributed by atoms with Gasteiger partial charge < -0.3 is 9.47 Å². The van der Waals surface area contributed by atoms with Gasteiger partial charge in [0.1, 0.15) is 17.3 Å². The zero-order valence-corrected chi connectivity index (χ0v) is 13.9. The molecule has 6 nitrogen and oxygen atoms in total. The molecule has 0 aliphatic heterocycles.